The summed E-state index contributed by atoms with van der Waals surface area (Å²) in [7, 11) is 0. The van der Waals surface area contributed by atoms with Gasteiger partial charge in [-0.2, -0.15) is 0 Å². The molecule has 2 rings (SSSR count). The van der Waals surface area contributed by atoms with E-state index in [-0.39, 0.29) is 0 Å². The van der Waals surface area contributed by atoms with Crippen molar-refractivity contribution in [2.75, 3.05) is 0 Å². The quantitative estimate of drug-likeness (QED) is 0.721. The van der Waals surface area contributed by atoms with Crippen molar-refractivity contribution in [3.8, 4) is 0 Å². The van der Waals surface area contributed by atoms with E-state index in [9.17, 15) is 0 Å². The van der Waals surface area contributed by atoms with E-state index in [2.05, 4.69) is 56.9 Å². The minimum Gasteiger partial charge on any atom is -0.284 e. The highest BCUT2D eigenvalue weighted by Gasteiger charge is 2.60. The fourth-order valence-corrected chi connectivity index (χ4v) is 2.76. The van der Waals surface area contributed by atoms with Gasteiger partial charge >= 0.3 is 0 Å². The maximum atomic E-state index is 3.73. The molecule has 4 atom stereocenters. The number of hydrogen-bond acceptors (Lipinski definition) is 3. The molecule has 0 radical (unpaired) electrons. The molecule has 2 aliphatic rings. The van der Waals surface area contributed by atoms with Gasteiger partial charge in [0.15, 0.2) is 0 Å². The van der Waals surface area contributed by atoms with Crippen LogP contribution in [0.5, 0.6) is 0 Å². The van der Waals surface area contributed by atoms with Crippen LogP contribution in [0.4, 0.5) is 0 Å². The van der Waals surface area contributed by atoms with Crippen LogP contribution in [-0.2, 0) is 0 Å². The van der Waals surface area contributed by atoms with Gasteiger partial charge in [-0.05, 0) is 17.8 Å². The third-order valence-electron chi connectivity index (χ3n) is 3.53. The summed E-state index contributed by atoms with van der Waals surface area (Å²) in [6, 6.07) is 0. The second kappa shape index (κ2) is 3.72. The molecule has 1 N–H and O–H groups in total. The fourth-order valence-electron chi connectivity index (χ4n) is 2.76. The van der Waals surface area contributed by atoms with Crippen molar-refractivity contribution in [1.82, 2.24) is 15.3 Å². The van der Waals surface area contributed by atoms with Gasteiger partial charge in [-0.15, -0.1) is 0 Å². The molecule has 15 heavy (non-hydrogen) atoms. The molecule has 2 fully saturated rings. The Balaban J connectivity index is 2.10. The zero-order valence-corrected chi connectivity index (χ0v) is 10.9. The molecule has 0 aromatic carbocycles. The lowest BCUT2D eigenvalue weighted by Crippen LogP contribution is -2.46. The predicted octanol–water partition coefficient (Wildman–Crippen LogP) is 2.07. The molecule has 0 aromatic heterocycles. The topological polar surface area (TPSA) is 18.0 Å². The molecule has 0 saturated carbocycles. The first kappa shape index (κ1) is 11.4. The monoisotopic (exact) mass is 211 g/mol. The normalized spacial score (nSPS) is 44.2. The van der Waals surface area contributed by atoms with E-state index in [1.165, 1.54) is 0 Å². The van der Waals surface area contributed by atoms with E-state index in [1.807, 2.05) is 0 Å². The summed E-state index contributed by atoms with van der Waals surface area (Å²) < 4.78 is 0. The van der Waals surface area contributed by atoms with Gasteiger partial charge in [-0.1, -0.05) is 41.5 Å². The van der Waals surface area contributed by atoms with Gasteiger partial charge in [0.25, 0.3) is 0 Å². The highest BCUT2D eigenvalue weighted by molar-refractivity contribution is 5.01. The highest BCUT2D eigenvalue weighted by atomic mass is 15.9. The molecule has 0 amide bonds. The smallest absolute Gasteiger partial charge is 0.0954 e. The van der Waals surface area contributed by atoms with Gasteiger partial charge in [0, 0.05) is 0 Å². The lowest BCUT2D eigenvalue weighted by molar-refractivity contribution is 0.241. The second-order valence-electron chi connectivity index (χ2n) is 5.96. The van der Waals surface area contributed by atoms with Crippen molar-refractivity contribution >= 4 is 0 Å². The summed E-state index contributed by atoms with van der Waals surface area (Å²) in [6.45, 7) is 13.8. The average molecular weight is 211 g/mol. The Bertz CT molecular complexity index is 217. The molecule has 3 heteroatoms. The average Bonchev–Trinajstić information content (AvgIpc) is 2.70. The van der Waals surface area contributed by atoms with Gasteiger partial charge in [0.1, 0.15) is 0 Å². The zero-order chi connectivity index (χ0) is 11.3. The van der Waals surface area contributed by atoms with E-state index in [0.29, 0.717) is 30.3 Å². The first-order chi connectivity index (χ1) is 6.95. The van der Waals surface area contributed by atoms with Crippen LogP contribution in [0.15, 0.2) is 0 Å². The molecule has 3 nitrogen and oxygen atoms in total. The Hall–Kier alpha value is -0.120. The van der Waals surface area contributed by atoms with Crippen molar-refractivity contribution in [2.45, 2.75) is 60.0 Å². The summed E-state index contributed by atoms with van der Waals surface area (Å²) >= 11 is 0. The Morgan fingerprint density at radius 3 is 1.40 bits per heavy atom. The Morgan fingerprint density at radius 2 is 1.13 bits per heavy atom. The van der Waals surface area contributed by atoms with Crippen LogP contribution in [0.1, 0.15) is 41.5 Å². The van der Waals surface area contributed by atoms with Crippen LogP contribution < -0.4 is 5.32 Å². The Labute approximate surface area is 93.8 Å². The van der Waals surface area contributed by atoms with E-state index in [1.54, 1.807) is 0 Å². The van der Waals surface area contributed by atoms with E-state index in [0.717, 1.165) is 5.92 Å². The SMILES string of the molecule is CC(C)C1N2[C@@H](C(C)C)N[C@H](C(C)C)N12. The van der Waals surface area contributed by atoms with Crippen molar-refractivity contribution in [3.63, 3.8) is 0 Å². The van der Waals surface area contributed by atoms with Crippen LogP contribution in [0, 0.1) is 17.8 Å². The third-order valence-corrected chi connectivity index (χ3v) is 3.53. The van der Waals surface area contributed by atoms with Crippen LogP contribution in [-0.4, -0.2) is 28.5 Å². The molecule has 88 valence electrons. The number of nitrogens with one attached hydrogen (secondary N) is 1. The van der Waals surface area contributed by atoms with Crippen LogP contribution >= 0.6 is 0 Å². The number of hydrogen-bond donors (Lipinski definition) is 1. The third kappa shape index (κ3) is 1.71. The maximum Gasteiger partial charge on any atom is 0.0954 e. The molecule has 0 aliphatic carbocycles. The van der Waals surface area contributed by atoms with E-state index < -0.39 is 0 Å². The number of rotatable bonds is 3. The number of fused-ring (bicyclic) bond motifs is 1. The predicted molar refractivity (Wildman–Crippen MR) is 62.7 cm³/mol. The van der Waals surface area contributed by atoms with Gasteiger partial charge in [-0.3, -0.25) is 5.32 Å². The molecule has 2 aliphatic heterocycles. The van der Waals surface area contributed by atoms with Crippen LogP contribution in [0.3, 0.4) is 0 Å². The van der Waals surface area contributed by atoms with E-state index in [4.69, 9.17) is 0 Å². The molecule has 0 bridgehead atoms. The summed E-state index contributed by atoms with van der Waals surface area (Å²) in [6.07, 6.45) is 1.76. The van der Waals surface area contributed by atoms with Gasteiger partial charge in [-0.25, -0.2) is 10.0 Å². The van der Waals surface area contributed by atoms with Gasteiger partial charge in [0.05, 0.1) is 18.5 Å². The minimum absolute atomic E-state index is 0.546. The highest BCUT2D eigenvalue weighted by Crippen LogP contribution is 2.44. The first-order valence-corrected chi connectivity index (χ1v) is 6.27. The van der Waals surface area contributed by atoms with Crippen molar-refractivity contribution in [3.05, 3.63) is 0 Å². The van der Waals surface area contributed by atoms with Gasteiger partial charge < -0.3 is 0 Å². The lowest BCUT2D eigenvalue weighted by Gasteiger charge is -2.25. The van der Waals surface area contributed by atoms with Crippen LogP contribution in [0.2, 0.25) is 0 Å². The van der Waals surface area contributed by atoms with E-state index >= 15 is 0 Å². The lowest BCUT2D eigenvalue weighted by atomic mass is 10.1. The second-order valence-corrected chi connectivity index (χ2v) is 5.96. The molecule has 0 aromatic rings. The largest absolute Gasteiger partial charge is 0.284 e. The minimum atomic E-state index is 0.546. The molecular formula is C12H25N3. The van der Waals surface area contributed by atoms with Crippen molar-refractivity contribution < 1.29 is 0 Å². The number of nitrogens with zero attached hydrogens (tertiary/aromatic N) is 2. The fraction of sp³-hybridized carbons (Fsp3) is 1.00. The molecule has 2 heterocycles. The Kier molecular flexibility index (Phi) is 2.82. The summed E-state index contributed by atoms with van der Waals surface area (Å²) in [5, 5.41) is 8.81. The first-order valence-electron chi connectivity index (χ1n) is 6.27. The summed E-state index contributed by atoms with van der Waals surface area (Å²) in [4.78, 5) is 0. The van der Waals surface area contributed by atoms with Gasteiger partial charge in [0.2, 0.25) is 0 Å². The summed E-state index contributed by atoms with van der Waals surface area (Å²) in [5.41, 5.74) is 0. The molecular weight excluding hydrogens is 186 g/mol. The van der Waals surface area contributed by atoms with Crippen LogP contribution in [0.25, 0.3) is 0 Å². The van der Waals surface area contributed by atoms with Crippen molar-refractivity contribution in [1.29, 1.82) is 0 Å². The zero-order valence-electron chi connectivity index (χ0n) is 10.9. The molecule has 2 saturated heterocycles. The Morgan fingerprint density at radius 1 is 0.733 bits per heavy atom. The maximum absolute atomic E-state index is 3.73. The molecule has 2 unspecified atom stereocenters. The molecule has 0 spiro atoms. The summed E-state index contributed by atoms with van der Waals surface area (Å²) in [5.74, 6) is 2.09. The number of hydrazine groups is 1. The standard InChI is InChI=1S/C12H25N3/c1-7(2)10-13-11(8(3)4)15-12(9(5)6)14(10)15/h7-13H,1-6H3/t10-,11-,12?,14?,15?/m0/s1. The van der Waals surface area contributed by atoms with Crippen molar-refractivity contribution in [2.24, 2.45) is 17.8 Å².